The molecule has 0 heterocycles. The Morgan fingerprint density at radius 2 is 2.00 bits per heavy atom. The molecular weight excluding hydrogens is 339 g/mol. The first-order valence-electron chi connectivity index (χ1n) is 6.84. The second kappa shape index (κ2) is 6.93. The molecule has 2 rings (SSSR count). The van der Waals surface area contributed by atoms with Crippen molar-refractivity contribution in [3.05, 3.63) is 0 Å². The smallest absolute Gasteiger partial charge is 0.188 e. The van der Waals surface area contributed by atoms with Crippen molar-refractivity contribution in [2.45, 2.75) is 44.1 Å². The summed E-state index contributed by atoms with van der Waals surface area (Å²) in [5.74, 6) is 1.46. The number of hydrogen-bond donors (Lipinski definition) is 2. The molecule has 2 aliphatic carbocycles. The lowest BCUT2D eigenvalue weighted by Crippen LogP contribution is -2.53. The average molecular weight is 366 g/mol. The number of nitrogens with zero attached hydrogens (tertiary/aromatic N) is 2. The zero-order valence-electron chi connectivity index (χ0n) is 11.6. The van der Waals surface area contributed by atoms with Gasteiger partial charge in [-0.2, -0.15) is 0 Å². The molecule has 3 N–H and O–H groups in total. The van der Waals surface area contributed by atoms with Crippen molar-refractivity contribution in [3.8, 4) is 0 Å². The minimum Gasteiger partial charge on any atom is -0.370 e. The maximum absolute atomic E-state index is 5.91. The van der Waals surface area contributed by atoms with Crippen LogP contribution in [0.25, 0.3) is 0 Å². The molecule has 0 aromatic carbocycles. The predicted octanol–water partition coefficient (Wildman–Crippen LogP) is 1.79. The molecule has 0 aromatic rings. The fourth-order valence-electron chi connectivity index (χ4n) is 2.57. The van der Waals surface area contributed by atoms with Crippen LogP contribution < -0.4 is 11.1 Å². The van der Waals surface area contributed by atoms with Crippen molar-refractivity contribution >= 4 is 29.9 Å². The van der Waals surface area contributed by atoms with Crippen LogP contribution in [0.15, 0.2) is 4.99 Å². The monoisotopic (exact) mass is 366 g/mol. The molecule has 0 unspecified atom stereocenters. The second-order valence-corrected chi connectivity index (χ2v) is 5.85. The molecule has 0 bridgehead atoms. The van der Waals surface area contributed by atoms with Crippen LogP contribution in [-0.2, 0) is 0 Å². The first-order valence-corrected chi connectivity index (χ1v) is 6.84. The molecule has 2 aliphatic rings. The highest BCUT2D eigenvalue weighted by atomic mass is 127. The molecule has 18 heavy (non-hydrogen) atoms. The number of guanidine groups is 1. The topological polar surface area (TPSA) is 53.6 Å². The van der Waals surface area contributed by atoms with E-state index in [0.29, 0.717) is 5.96 Å². The van der Waals surface area contributed by atoms with E-state index in [2.05, 4.69) is 29.3 Å². The molecule has 0 atom stereocenters. The Bertz CT molecular complexity index is 283. The van der Waals surface area contributed by atoms with Gasteiger partial charge in [0.15, 0.2) is 5.96 Å². The van der Waals surface area contributed by atoms with Crippen molar-refractivity contribution in [2.24, 2.45) is 16.6 Å². The lowest BCUT2D eigenvalue weighted by Gasteiger charge is -2.46. The van der Waals surface area contributed by atoms with Crippen LogP contribution in [0.3, 0.4) is 0 Å². The van der Waals surface area contributed by atoms with E-state index in [1.54, 1.807) is 0 Å². The predicted molar refractivity (Wildman–Crippen MR) is 87.5 cm³/mol. The van der Waals surface area contributed by atoms with Crippen LogP contribution >= 0.6 is 24.0 Å². The standard InChI is InChI=1S/C13H26N4.HI/c1-17(2)13(7-4-8-13)10-16-12(14)15-9-11-5-3-6-11;/h11H,3-10H2,1-2H3,(H3,14,15,16);1H. The zero-order chi connectivity index (χ0) is 12.3. The van der Waals surface area contributed by atoms with Gasteiger partial charge in [0.1, 0.15) is 0 Å². The molecular formula is C13H27IN4. The molecule has 0 radical (unpaired) electrons. The summed E-state index contributed by atoms with van der Waals surface area (Å²) in [5, 5.41) is 3.25. The van der Waals surface area contributed by atoms with E-state index >= 15 is 0 Å². The summed E-state index contributed by atoms with van der Waals surface area (Å²) in [6.45, 7) is 1.84. The Kier molecular flexibility index (Phi) is 6.17. The van der Waals surface area contributed by atoms with E-state index in [1.165, 1.54) is 38.5 Å². The van der Waals surface area contributed by atoms with Gasteiger partial charge >= 0.3 is 0 Å². The van der Waals surface area contributed by atoms with Crippen molar-refractivity contribution < 1.29 is 0 Å². The Hall–Kier alpha value is -0.0400. The van der Waals surface area contributed by atoms with Crippen LogP contribution in [0.2, 0.25) is 0 Å². The van der Waals surface area contributed by atoms with E-state index in [-0.39, 0.29) is 29.5 Å². The first-order chi connectivity index (χ1) is 8.12. The summed E-state index contributed by atoms with van der Waals surface area (Å²) < 4.78 is 0. The molecule has 0 aliphatic heterocycles. The Morgan fingerprint density at radius 1 is 1.33 bits per heavy atom. The van der Waals surface area contributed by atoms with E-state index in [9.17, 15) is 0 Å². The molecule has 0 amide bonds. The van der Waals surface area contributed by atoms with E-state index < -0.39 is 0 Å². The normalized spacial score (nSPS) is 22.9. The minimum atomic E-state index is 0. The van der Waals surface area contributed by atoms with Crippen molar-refractivity contribution in [1.82, 2.24) is 10.2 Å². The number of hydrogen-bond acceptors (Lipinski definition) is 2. The van der Waals surface area contributed by atoms with Gasteiger partial charge in [-0.25, -0.2) is 0 Å². The number of nitrogens with two attached hydrogens (primary N) is 1. The number of nitrogens with one attached hydrogen (secondary N) is 1. The molecule has 4 nitrogen and oxygen atoms in total. The third kappa shape index (κ3) is 3.73. The summed E-state index contributed by atoms with van der Waals surface area (Å²) in [5.41, 5.74) is 6.19. The highest BCUT2D eigenvalue weighted by molar-refractivity contribution is 14.0. The highest BCUT2D eigenvalue weighted by Crippen LogP contribution is 2.36. The van der Waals surface area contributed by atoms with E-state index in [0.717, 1.165) is 19.0 Å². The van der Waals surface area contributed by atoms with Gasteiger partial charge in [0.2, 0.25) is 0 Å². The third-order valence-electron chi connectivity index (χ3n) is 4.57. The Morgan fingerprint density at radius 3 is 2.39 bits per heavy atom. The van der Waals surface area contributed by atoms with Gasteiger partial charge < -0.3 is 16.0 Å². The van der Waals surface area contributed by atoms with Crippen molar-refractivity contribution in [2.75, 3.05) is 27.2 Å². The Balaban J connectivity index is 0.00000162. The molecule has 2 fully saturated rings. The number of aliphatic imine (C=N–C) groups is 1. The van der Waals surface area contributed by atoms with Gasteiger partial charge in [0, 0.05) is 12.1 Å². The molecule has 5 heteroatoms. The third-order valence-corrected chi connectivity index (χ3v) is 4.57. The van der Waals surface area contributed by atoms with Crippen LogP contribution in [0, 0.1) is 5.92 Å². The largest absolute Gasteiger partial charge is 0.370 e. The van der Waals surface area contributed by atoms with Gasteiger partial charge in [-0.3, -0.25) is 4.99 Å². The summed E-state index contributed by atoms with van der Waals surface area (Å²) in [7, 11) is 4.29. The van der Waals surface area contributed by atoms with E-state index in [1.807, 2.05) is 0 Å². The highest BCUT2D eigenvalue weighted by Gasteiger charge is 2.38. The number of rotatable bonds is 5. The maximum Gasteiger partial charge on any atom is 0.188 e. The fourth-order valence-corrected chi connectivity index (χ4v) is 2.57. The van der Waals surface area contributed by atoms with Crippen LogP contribution in [0.1, 0.15) is 38.5 Å². The summed E-state index contributed by atoms with van der Waals surface area (Å²) in [6.07, 6.45) is 7.90. The SMILES string of the molecule is CN(C)C1(CN=C(N)NCC2CCC2)CCC1.I. The van der Waals surface area contributed by atoms with Gasteiger partial charge in [-0.05, 0) is 52.1 Å². The summed E-state index contributed by atoms with van der Waals surface area (Å²) in [6, 6.07) is 0. The van der Waals surface area contributed by atoms with Gasteiger partial charge in [0.25, 0.3) is 0 Å². The zero-order valence-corrected chi connectivity index (χ0v) is 13.9. The van der Waals surface area contributed by atoms with Gasteiger partial charge in [-0.15, -0.1) is 24.0 Å². The molecule has 2 saturated carbocycles. The first kappa shape index (κ1) is 16.0. The van der Waals surface area contributed by atoms with Crippen molar-refractivity contribution in [3.63, 3.8) is 0 Å². The lowest BCUT2D eigenvalue weighted by atomic mass is 9.76. The van der Waals surface area contributed by atoms with Crippen LogP contribution in [0.5, 0.6) is 0 Å². The quantitative estimate of drug-likeness (QED) is 0.443. The van der Waals surface area contributed by atoms with Crippen molar-refractivity contribution in [1.29, 1.82) is 0 Å². The number of likely N-dealkylation sites (N-methyl/N-ethyl adjacent to an activating group) is 1. The number of halogens is 1. The molecule has 0 spiro atoms. The van der Waals surface area contributed by atoms with Gasteiger partial charge in [-0.1, -0.05) is 6.42 Å². The summed E-state index contributed by atoms with van der Waals surface area (Å²) >= 11 is 0. The molecule has 0 aromatic heterocycles. The molecule has 0 saturated heterocycles. The lowest BCUT2D eigenvalue weighted by molar-refractivity contribution is 0.0699. The minimum absolute atomic E-state index is 0. The van der Waals surface area contributed by atoms with Crippen LogP contribution in [0.4, 0.5) is 0 Å². The average Bonchev–Trinajstić information content (AvgIpc) is 2.12. The van der Waals surface area contributed by atoms with Crippen LogP contribution in [-0.4, -0.2) is 43.6 Å². The summed E-state index contributed by atoms with van der Waals surface area (Å²) in [4.78, 5) is 6.82. The Labute approximate surface area is 128 Å². The van der Waals surface area contributed by atoms with E-state index in [4.69, 9.17) is 5.73 Å². The van der Waals surface area contributed by atoms with Gasteiger partial charge in [0.05, 0.1) is 6.54 Å². The second-order valence-electron chi connectivity index (χ2n) is 5.85. The fraction of sp³-hybridized carbons (Fsp3) is 0.923. The molecule has 106 valence electrons. The maximum atomic E-state index is 5.91.